The average Bonchev–Trinajstić information content (AvgIpc) is 3.10. The van der Waals surface area contributed by atoms with E-state index < -0.39 is 22.3 Å². The fourth-order valence-electron chi connectivity index (χ4n) is 1.77. The first-order chi connectivity index (χ1) is 8.85. The Morgan fingerprint density at radius 1 is 1.42 bits per heavy atom. The largest absolute Gasteiger partial charge is 0.480 e. The van der Waals surface area contributed by atoms with E-state index in [2.05, 4.69) is 5.32 Å². The topological polar surface area (TPSA) is 110 Å². The van der Waals surface area contributed by atoms with Crippen molar-refractivity contribution in [2.24, 2.45) is 0 Å². The van der Waals surface area contributed by atoms with Crippen molar-refractivity contribution in [2.75, 3.05) is 0 Å². The Morgan fingerprint density at radius 2 is 2.05 bits per heavy atom. The molecule has 0 radical (unpaired) electrons. The Balaban J connectivity index is 2.26. The van der Waals surface area contributed by atoms with Crippen LogP contribution in [-0.2, 0) is 4.79 Å². The van der Waals surface area contributed by atoms with Crippen LogP contribution in [-0.4, -0.2) is 27.4 Å². The zero-order chi connectivity index (χ0) is 14.2. The highest BCUT2D eigenvalue weighted by Gasteiger charge is 2.51. The van der Waals surface area contributed by atoms with Gasteiger partial charge in [0, 0.05) is 17.7 Å². The molecule has 0 unspecified atom stereocenters. The van der Waals surface area contributed by atoms with E-state index in [-0.39, 0.29) is 11.3 Å². The molecule has 0 heterocycles. The van der Waals surface area contributed by atoms with Crippen LogP contribution in [0.2, 0.25) is 0 Å². The molecule has 100 valence electrons. The Labute approximate surface area is 108 Å². The van der Waals surface area contributed by atoms with Gasteiger partial charge in [0.1, 0.15) is 5.54 Å². The Bertz CT molecular complexity index is 577. The lowest BCUT2D eigenvalue weighted by Crippen LogP contribution is -2.43. The molecule has 0 atom stereocenters. The smallest absolute Gasteiger partial charge is 0.329 e. The maximum absolute atomic E-state index is 12.0. The molecule has 7 nitrogen and oxygen atoms in total. The fraction of sp³-hybridized carbons (Fsp3) is 0.333. The lowest BCUT2D eigenvalue weighted by molar-refractivity contribution is -0.384. The van der Waals surface area contributed by atoms with Gasteiger partial charge in [0.2, 0.25) is 0 Å². The van der Waals surface area contributed by atoms with Crippen LogP contribution >= 0.6 is 0 Å². The highest BCUT2D eigenvalue weighted by Crippen LogP contribution is 2.36. The molecule has 19 heavy (non-hydrogen) atoms. The molecule has 1 aliphatic rings. The van der Waals surface area contributed by atoms with E-state index >= 15 is 0 Å². The van der Waals surface area contributed by atoms with Crippen LogP contribution in [0.1, 0.15) is 28.8 Å². The Morgan fingerprint density at radius 3 is 2.53 bits per heavy atom. The van der Waals surface area contributed by atoms with E-state index in [0.29, 0.717) is 18.4 Å². The van der Waals surface area contributed by atoms with Gasteiger partial charge in [-0.1, -0.05) is 6.07 Å². The Hall–Kier alpha value is -2.44. The van der Waals surface area contributed by atoms with Crippen LogP contribution in [0, 0.1) is 17.0 Å². The molecule has 1 saturated carbocycles. The van der Waals surface area contributed by atoms with Crippen LogP contribution in [0.25, 0.3) is 0 Å². The lowest BCUT2D eigenvalue weighted by atomic mass is 10.1. The second-order valence-electron chi connectivity index (χ2n) is 4.60. The van der Waals surface area contributed by atoms with Crippen molar-refractivity contribution in [2.45, 2.75) is 25.3 Å². The summed E-state index contributed by atoms with van der Waals surface area (Å²) in [6.45, 7) is 1.64. The fourth-order valence-corrected chi connectivity index (χ4v) is 1.77. The maximum Gasteiger partial charge on any atom is 0.329 e. The van der Waals surface area contributed by atoms with E-state index in [9.17, 15) is 19.7 Å². The summed E-state index contributed by atoms with van der Waals surface area (Å²) in [6, 6.07) is 3.92. The maximum atomic E-state index is 12.0. The molecular formula is C12H12N2O5. The Kier molecular flexibility index (Phi) is 2.97. The third-order valence-corrected chi connectivity index (χ3v) is 3.19. The van der Waals surface area contributed by atoms with E-state index in [1.165, 1.54) is 12.1 Å². The molecule has 1 amide bonds. The highest BCUT2D eigenvalue weighted by atomic mass is 16.6. The number of nitro benzene ring substituents is 1. The number of carbonyl (C=O) groups excluding carboxylic acids is 1. The summed E-state index contributed by atoms with van der Waals surface area (Å²) < 4.78 is 0. The van der Waals surface area contributed by atoms with Crippen molar-refractivity contribution in [3.8, 4) is 0 Å². The predicted octanol–water partition coefficient (Wildman–Crippen LogP) is 1.25. The van der Waals surface area contributed by atoms with Gasteiger partial charge in [-0.2, -0.15) is 0 Å². The number of aliphatic carboxylic acids is 1. The first kappa shape index (κ1) is 13.0. The summed E-state index contributed by atoms with van der Waals surface area (Å²) in [4.78, 5) is 33.1. The van der Waals surface area contributed by atoms with Gasteiger partial charge < -0.3 is 10.4 Å². The second-order valence-corrected chi connectivity index (χ2v) is 4.60. The predicted molar refractivity (Wildman–Crippen MR) is 64.9 cm³/mol. The second kappa shape index (κ2) is 4.34. The normalized spacial score (nSPS) is 15.6. The van der Waals surface area contributed by atoms with Crippen molar-refractivity contribution in [3.05, 3.63) is 39.4 Å². The summed E-state index contributed by atoms with van der Waals surface area (Å²) >= 11 is 0. The SMILES string of the molecule is Cc1ccc([N+](=O)[O-])cc1C(=O)NC1(C(=O)O)CC1. The first-order valence-corrected chi connectivity index (χ1v) is 5.67. The van der Waals surface area contributed by atoms with Crippen LogP contribution < -0.4 is 5.32 Å². The van der Waals surface area contributed by atoms with Crippen molar-refractivity contribution in [1.82, 2.24) is 5.32 Å². The number of amides is 1. The molecule has 0 aliphatic heterocycles. The monoisotopic (exact) mass is 264 g/mol. The number of aryl methyl sites for hydroxylation is 1. The molecule has 1 aliphatic carbocycles. The molecule has 0 aromatic heterocycles. The standard InChI is InChI=1S/C12H12N2O5/c1-7-2-3-8(14(18)19)6-9(7)10(15)13-12(4-5-12)11(16)17/h2-3,6H,4-5H2,1H3,(H,13,15)(H,16,17). The van der Waals surface area contributed by atoms with E-state index in [1.54, 1.807) is 6.92 Å². The van der Waals surface area contributed by atoms with Gasteiger partial charge in [0.25, 0.3) is 11.6 Å². The molecule has 2 N–H and O–H groups in total. The molecule has 2 rings (SSSR count). The lowest BCUT2D eigenvalue weighted by Gasteiger charge is -2.13. The molecule has 1 aromatic rings. The number of nitro groups is 1. The zero-order valence-corrected chi connectivity index (χ0v) is 10.2. The number of hydrogen-bond acceptors (Lipinski definition) is 4. The number of nitrogens with one attached hydrogen (secondary N) is 1. The summed E-state index contributed by atoms with van der Waals surface area (Å²) in [6.07, 6.45) is 0.754. The van der Waals surface area contributed by atoms with Crippen molar-refractivity contribution in [1.29, 1.82) is 0 Å². The van der Waals surface area contributed by atoms with Crippen LogP contribution in [0.5, 0.6) is 0 Å². The average molecular weight is 264 g/mol. The number of non-ortho nitro benzene ring substituents is 1. The third kappa shape index (κ3) is 2.40. The van der Waals surface area contributed by atoms with Gasteiger partial charge in [-0.3, -0.25) is 14.9 Å². The number of hydrogen-bond donors (Lipinski definition) is 2. The van der Waals surface area contributed by atoms with Gasteiger partial charge >= 0.3 is 5.97 Å². The minimum absolute atomic E-state index is 0.127. The van der Waals surface area contributed by atoms with E-state index in [1.807, 2.05) is 0 Å². The number of carboxylic acid groups (broad SMARTS) is 1. The molecule has 1 fully saturated rings. The summed E-state index contributed by atoms with van der Waals surface area (Å²) in [5.74, 6) is -1.68. The van der Waals surface area contributed by atoms with Gasteiger partial charge in [-0.05, 0) is 25.3 Å². The van der Waals surface area contributed by atoms with Gasteiger partial charge in [0.15, 0.2) is 0 Å². The zero-order valence-electron chi connectivity index (χ0n) is 10.2. The molecule has 0 spiro atoms. The minimum atomic E-state index is -1.20. The third-order valence-electron chi connectivity index (χ3n) is 3.19. The van der Waals surface area contributed by atoms with Crippen molar-refractivity contribution >= 4 is 17.6 Å². The van der Waals surface area contributed by atoms with Gasteiger partial charge in [-0.15, -0.1) is 0 Å². The highest BCUT2D eigenvalue weighted by molar-refractivity contribution is 6.00. The molecule has 0 bridgehead atoms. The van der Waals surface area contributed by atoms with Crippen LogP contribution in [0.15, 0.2) is 18.2 Å². The van der Waals surface area contributed by atoms with Crippen LogP contribution in [0.3, 0.4) is 0 Å². The number of carbonyl (C=O) groups is 2. The van der Waals surface area contributed by atoms with Crippen molar-refractivity contribution in [3.63, 3.8) is 0 Å². The van der Waals surface area contributed by atoms with Crippen molar-refractivity contribution < 1.29 is 19.6 Å². The summed E-state index contributed by atoms with van der Waals surface area (Å²) in [7, 11) is 0. The number of rotatable bonds is 4. The van der Waals surface area contributed by atoms with E-state index in [0.717, 1.165) is 6.07 Å². The first-order valence-electron chi connectivity index (χ1n) is 5.67. The number of carboxylic acids is 1. The molecule has 1 aromatic carbocycles. The summed E-state index contributed by atoms with van der Waals surface area (Å²) in [5.41, 5.74) is -0.712. The van der Waals surface area contributed by atoms with E-state index in [4.69, 9.17) is 5.11 Å². The minimum Gasteiger partial charge on any atom is -0.480 e. The van der Waals surface area contributed by atoms with Crippen LogP contribution in [0.4, 0.5) is 5.69 Å². The summed E-state index contributed by atoms with van der Waals surface area (Å²) in [5, 5.41) is 22.1. The molecule has 7 heteroatoms. The quantitative estimate of drug-likeness (QED) is 0.628. The number of benzene rings is 1. The number of nitrogens with zero attached hydrogens (tertiary/aromatic N) is 1. The van der Waals surface area contributed by atoms with Gasteiger partial charge in [-0.25, -0.2) is 4.79 Å². The van der Waals surface area contributed by atoms with Gasteiger partial charge in [0.05, 0.1) is 4.92 Å². The molecule has 0 saturated heterocycles. The molecular weight excluding hydrogens is 252 g/mol.